The van der Waals surface area contributed by atoms with Gasteiger partial charge in [0, 0.05) is 17.8 Å². The van der Waals surface area contributed by atoms with Crippen LogP contribution in [0, 0.1) is 16.0 Å². The summed E-state index contributed by atoms with van der Waals surface area (Å²) in [4.78, 5) is 41.6. The lowest BCUT2D eigenvalue weighted by Gasteiger charge is -2.20. The first kappa shape index (κ1) is 17.5. The largest absolute Gasteiger partial charge is 0.871 e. The van der Waals surface area contributed by atoms with Crippen LogP contribution in [0.25, 0.3) is 5.76 Å². The van der Waals surface area contributed by atoms with E-state index in [4.69, 9.17) is 4.84 Å². The van der Waals surface area contributed by atoms with Gasteiger partial charge in [0.05, 0.1) is 10.6 Å². The number of rotatable bonds is 3. The van der Waals surface area contributed by atoms with Gasteiger partial charge in [0.25, 0.3) is 11.6 Å². The third-order valence-corrected chi connectivity index (χ3v) is 4.55. The molecule has 10 nitrogen and oxygen atoms in total. The predicted molar refractivity (Wildman–Crippen MR) is 92.1 cm³/mol. The van der Waals surface area contributed by atoms with Gasteiger partial charge in [-0.2, -0.15) is 0 Å². The van der Waals surface area contributed by atoms with Crippen LogP contribution >= 0.6 is 0 Å². The molecule has 0 aliphatic carbocycles. The first-order valence-electron chi connectivity index (χ1n) is 8.13. The maximum absolute atomic E-state index is 12.8. The van der Waals surface area contributed by atoms with Crippen molar-refractivity contribution in [3.05, 3.63) is 69.9 Å². The van der Waals surface area contributed by atoms with Crippen molar-refractivity contribution in [3.8, 4) is 5.75 Å². The summed E-state index contributed by atoms with van der Waals surface area (Å²) in [6.07, 6.45) is -1.20. The summed E-state index contributed by atoms with van der Waals surface area (Å²) < 4.78 is 0. The highest BCUT2D eigenvalue weighted by Gasteiger charge is 2.55. The number of aromatic hydroxyl groups is 1. The van der Waals surface area contributed by atoms with Crippen molar-refractivity contribution < 1.29 is 29.6 Å². The van der Waals surface area contributed by atoms with Crippen molar-refractivity contribution in [2.75, 3.05) is 4.90 Å². The highest BCUT2D eigenvalue weighted by atomic mass is 16.7. The molecule has 4 rings (SSSR count). The summed E-state index contributed by atoms with van der Waals surface area (Å²) in [6, 6.07) is 10.3. The number of hydrogen-bond acceptors (Lipinski definition) is 8. The van der Waals surface area contributed by atoms with Crippen molar-refractivity contribution in [2.24, 2.45) is 5.92 Å². The highest BCUT2D eigenvalue weighted by molar-refractivity contribution is 6.24. The number of hydroxylamine groups is 1. The number of nitrogens with one attached hydrogen (secondary N) is 1. The van der Waals surface area contributed by atoms with E-state index < -0.39 is 34.5 Å². The molecule has 2 heterocycles. The molecular formula is C18H12N3O7-. The molecule has 2 saturated heterocycles. The summed E-state index contributed by atoms with van der Waals surface area (Å²) in [5, 5.41) is 32.9. The molecule has 2 N–H and O–H groups in total. The molecule has 2 aliphatic heterocycles. The van der Waals surface area contributed by atoms with Gasteiger partial charge < -0.3 is 10.2 Å². The quantitative estimate of drug-likeness (QED) is 0.336. The Hall–Kier alpha value is -3.92. The van der Waals surface area contributed by atoms with Crippen LogP contribution in [0.5, 0.6) is 5.75 Å². The Morgan fingerprint density at radius 2 is 1.71 bits per heavy atom. The molecule has 28 heavy (non-hydrogen) atoms. The summed E-state index contributed by atoms with van der Waals surface area (Å²) >= 11 is 0. The maximum atomic E-state index is 12.8. The first-order chi connectivity index (χ1) is 13.4. The third-order valence-electron chi connectivity index (χ3n) is 4.55. The molecule has 0 bridgehead atoms. The van der Waals surface area contributed by atoms with Gasteiger partial charge in [-0.05, 0) is 42.0 Å². The fourth-order valence-electron chi connectivity index (χ4n) is 3.16. The number of fused-ring (bicyclic) bond motifs is 1. The van der Waals surface area contributed by atoms with E-state index in [1.807, 2.05) is 0 Å². The van der Waals surface area contributed by atoms with E-state index in [1.165, 1.54) is 48.5 Å². The minimum absolute atomic E-state index is 0.0263. The second-order valence-electron chi connectivity index (χ2n) is 6.19. The number of phenols is 1. The Bertz CT molecular complexity index is 1010. The van der Waals surface area contributed by atoms with Crippen LogP contribution in [0.2, 0.25) is 0 Å². The van der Waals surface area contributed by atoms with Crippen LogP contribution in [0.3, 0.4) is 0 Å². The number of benzene rings is 2. The van der Waals surface area contributed by atoms with Crippen molar-refractivity contribution in [1.82, 2.24) is 5.48 Å². The van der Waals surface area contributed by atoms with Crippen LogP contribution in [0.4, 0.5) is 11.4 Å². The molecule has 0 radical (unpaired) electrons. The number of nitrogens with zero attached hydrogens (tertiary/aromatic N) is 2. The first-order valence-corrected chi connectivity index (χ1v) is 8.13. The van der Waals surface area contributed by atoms with Gasteiger partial charge in [-0.25, -0.2) is 4.90 Å². The number of carbonyl (C=O) groups is 2. The lowest BCUT2D eigenvalue weighted by atomic mass is 9.99. The zero-order valence-corrected chi connectivity index (χ0v) is 14.1. The van der Waals surface area contributed by atoms with Crippen LogP contribution in [-0.2, 0) is 14.4 Å². The molecule has 2 fully saturated rings. The lowest BCUT2D eigenvalue weighted by molar-refractivity contribution is -0.384. The Balaban J connectivity index is 1.69. The number of carbonyl (C=O) groups excluding carboxylic acids is 2. The lowest BCUT2D eigenvalue weighted by Crippen LogP contribution is -2.35. The maximum Gasteiger partial charge on any atom is 0.269 e. The fraction of sp³-hybridized carbons (Fsp3) is 0.111. The Labute approximate surface area is 157 Å². The minimum Gasteiger partial charge on any atom is -0.871 e. The van der Waals surface area contributed by atoms with Gasteiger partial charge in [-0.15, -0.1) is 0 Å². The van der Waals surface area contributed by atoms with E-state index in [0.29, 0.717) is 0 Å². The predicted octanol–water partition coefficient (Wildman–Crippen LogP) is 0.422. The second-order valence-corrected chi connectivity index (χ2v) is 6.19. The SMILES string of the molecule is O=C1[C@H]2C(=C([O-])c3ccc([N+](=O)[O-])cc3)NO[C@@H]2C(=O)N1c1ccc(O)cc1. The summed E-state index contributed by atoms with van der Waals surface area (Å²) in [6.45, 7) is 0. The molecule has 0 aromatic heterocycles. The van der Waals surface area contributed by atoms with Gasteiger partial charge in [-0.1, -0.05) is 5.76 Å². The monoisotopic (exact) mass is 382 g/mol. The Morgan fingerprint density at radius 1 is 1.07 bits per heavy atom. The van der Waals surface area contributed by atoms with Gasteiger partial charge in [0.1, 0.15) is 11.7 Å². The number of anilines is 1. The molecule has 2 aromatic carbocycles. The number of phenolic OH excluding ortho intramolecular Hbond substituents is 1. The number of nitro benzene ring substituents is 1. The molecule has 2 aromatic rings. The Morgan fingerprint density at radius 3 is 2.32 bits per heavy atom. The standard InChI is InChI=1S/C18H13N3O7/c22-12-7-5-10(6-8-12)20-17(24)13-14(19-28-16(13)18(20)25)15(23)9-1-3-11(4-2-9)21(26)27/h1-8,13,16,19,22-23H/p-1/t13-,16-/m0/s1. The molecule has 2 aliphatic rings. The number of amides is 2. The van der Waals surface area contributed by atoms with E-state index in [2.05, 4.69) is 5.48 Å². The van der Waals surface area contributed by atoms with Crippen molar-refractivity contribution in [1.29, 1.82) is 0 Å². The van der Waals surface area contributed by atoms with Crippen LogP contribution in [0.1, 0.15) is 5.56 Å². The van der Waals surface area contributed by atoms with Gasteiger partial charge in [0.15, 0.2) is 6.10 Å². The average molecular weight is 382 g/mol. The number of non-ortho nitro benzene ring substituents is 1. The van der Waals surface area contributed by atoms with E-state index in [1.54, 1.807) is 0 Å². The Kier molecular flexibility index (Phi) is 3.97. The number of nitro groups is 1. The average Bonchev–Trinajstić information content (AvgIpc) is 3.23. The highest BCUT2D eigenvalue weighted by Crippen LogP contribution is 2.37. The van der Waals surface area contributed by atoms with Crippen LogP contribution in [0.15, 0.2) is 54.2 Å². The molecule has 2 amide bonds. The van der Waals surface area contributed by atoms with E-state index in [-0.39, 0.29) is 28.4 Å². The van der Waals surface area contributed by atoms with Crippen molar-refractivity contribution in [2.45, 2.75) is 6.10 Å². The molecule has 0 unspecified atom stereocenters. The van der Waals surface area contributed by atoms with Crippen molar-refractivity contribution >= 4 is 28.9 Å². The van der Waals surface area contributed by atoms with E-state index in [0.717, 1.165) is 4.90 Å². The second kappa shape index (κ2) is 6.35. The van der Waals surface area contributed by atoms with Gasteiger partial charge >= 0.3 is 0 Å². The summed E-state index contributed by atoms with van der Waals surface area (Å²) in [5.74, 6) is -3.06. The smallest absolute Gasteiger partial charge is 0.269 e. The minimum atomic E-state index is -1.20. The van der Waals surface area contributed by atoms with Crippen LogP contribution < -0.4 is 15.5 Å². The van der Waals surface area contributed by atoms with E-state index >= 15 is 0 Å². The molecule has 10 heteroatoms. The third kappa shape index (κ3) is 2.63. The molecule has 0 spiro atoms. The van der Waals surface area contributed by atoms with E-state index in [9.17, 15) is 29.9 Å². The summed E-state index contributed by atoms with van der Waals surface area (Å²) in [7, 11) is 0. The number of imide groups is 1. The van der Waals surface area contributed by atoms with Crippen molar-refractivity contribution in [3.63, 3.8) is 0 Å². The molecule has 2 atom stereocenters. The topological polar surface area (TPSA) is 145 Å². The van der Waals surface area contributed by atoms with Gasteiger partial charge in [-0.3, -0.25) is 30.0 Å². The van der Waals surface area contributed by atoms with Gasteiger partial charge in [0.2, 0.25) is 5.91 Å². The zero-order chi connectivity index (χ0) is 20.0. The van der Waals surface area contributed by atoms with Crippen LogP contribution in [-0.4, -0.2) is 27.9 Å². The number of hydrogen-bond donors (Lipinski definition) is 2. The molecular weight excluding hydrogens is 370 g/mol. The molecule has 0 saturated carbocycles. The molecule has 142 valence electrons. The normalized spacial score (nSPS) is 22.8. The fourth-order valence-corrected chi connectivity index (χ4v) is 3.16. The summed E-state index contributed by atoms with van der Waals surface area (Å²) in [5.41, 5.74) is 2.42. The zero-order valence-electron chi connectivity index (χ0n) is 14.1.